The van der Waals surface area contributed by atoms with E-state index in [1.165, 1.54) is 19.3 Å². The Morgan fingerprint density at radius 2 is 1.68 bits per heavy atom. The normalized spacial score (nSPS) is 33.9. The van der Waals surface area contributed by atoms with E-state index >= 15 is 0 Å². The summed E-state index contributed by atoms with van der Waals surface area (Å²) in [6.45, 7) is 0. The van der Waals surface area contributed by atoms with E-state index in [2.05, 4.69) is 21.2 Å². The standard InChI is InChI=1S/C20H25BrN2O2/c21-16-4-2-1-3-15(16)8-17(18(22)24)23-19(25)20-9-12-5-13(10-20)7-14(6-12)11-20/h1-4,12-14,17H,5-11H2,(H2,22,24)(H,23,25)/t12?,13?,14?,17-,20?/m0/s1. The molecule has 0 radical (unpaired) electrons. The zero-order valence-corrected chi connectivity index (χ0v) is 15.9. The van der Waals surface area contributed by atoms with Gasteiger partial charge in [-0.25, -0.2) is 0 Å². The lowest BCUT2D eigenvalue weighted by molar-refractivity contribution is -0.148. The van der Waals surface area contributed by atoms with E-state index in [-0.39, 0.29) is 11.3 Å². The summed E-state index contributed by atoms with van der Waals surface area (Å²) in [6.07, 6.45) is 7.28. The average Bonchev–Trinajstić information content (AvgIpc) is 2.54. The van der Waals surface area contributed by atoms with Gasteiger partial charge < -0.3 is 11.1 Å². The molecular weight excluding hydrogens is 380 g/mol. The second kappa shape index (κ2) is 6.42. The molecule has 4 saturated carbocycles. The summed E-state index contributed by atoms with van der Waals surface area (Å²) in [7, 11) is 0. The highest BCUT2D eigenvalue weighted by molar-refractivity contribution is 9.10. The summed E-state index contributed by atoms with van der Waals surface area (Å²) < 4.78 is 0.935. The largest absolute Gasteiger partial charge is 0.368 e. The molecule has 4 aliphatic carbocycles. The van der Waals surface area contributed by atoms with Crippen LogP contribution in [0.25, 0.3) is 0 Å². The first-order valence-electron chi connectivity index (χ1n) is 9.29. The third kappa shape index (κ3) is 3.23. The van der Waals surface area contributed by atoms with Crippen LogP contribution < -0.4 is 11.1 Å². The molecule has 4 fully saturated rings. The van der Waals surface area contributed by atoms with Crippen molar-refractivity contribution in [2.45, 2.75) is 51.0 Å². The Kier molecular flexibility index (Phi) is 4.38. The lowest BCUT2D eigenvalue weighted by atomic mass is 9.49. The van der Waals surface area contributed by atoms with E-state index in [0.717, 1.165) is 29.3 Å². The molecule has 0 spiro atoms. The maximum atomic E-state index is 13.2. The van der Waals surface area contributed by atoms with Crippen molar-refractivity contribution >= 4 is 27.7 Å². The third-order valence-electron chi connectivity index (χ3n) is 6.55. The molecule has 1 atom stereocenters. The van der Waals surface area contributed by atoms with Gasteiger partial charge in [0.2, 0.25) is 11.8 Å². The minimum Gasteiger partial charge on any atom is -0.368 e. The number of rotatable bonds is 5. The summed E-state index contributed by atoms with van der Waals surface area (Å²) in [5.74, 6) is 1.70. The van der Waals surface area contributed by atoms with Crippen LogP contribution in [0.4, 0.5) is 0 Å². The third-order valence-corrected chi connectivity index (χ3v) is 7.32. The van der Waals surface area contributed by atoms with Crippen LogP contribution in [0, 0.1) is 23.2 Å². The summed E-state index contributed by atoms with van der Waals surface area (Å²) >= 11 is 3.51. The van der Waals surface area contributed by atoms with Gasteiger partial charge in [0.15, 0.2) is 0 Å². The highest BCUT2D eigenvalue weighted by Gasteiger charge is 2.54. The Labute approximate surface area is 157 Å². The van der Waals surface area contributed by atoms with Crippen molar-refractivity contribution < 1.29 is 9.59 Å². The van der Waals surface area contributed by atoms with Gasteiger partial charge in [-0.2, -0.15) is 0 Å². The fraction of sp³-hybridized carbons (Fsp3) is 0.600. The van der Waals surface area contributed by atoms with E-state index < -0.39 is 11.9 Å². The zero-order chi connectivity index (χ0) is 17.6. The number of hydrogen-bond donors (Lipinski definition) is 2. The van der Waals surface area contributed by atoms with Gasteiger partial charge in [-0.05, 0) is 67.9 Å². The maximum Gasteiger partial charge on any atom is 0.240 e. The Hall–Kier alpha value is -1.36. The number of benzene rings is 1. The smallest absolute Gasteiger partial charge is 0.240 e. The molecule has 0 aromatic heterocycles. The van der Waals surface area contributed by atoms with Gasteiger partial charge in [0.25, 0.3) is 0 Å². The first kappa shape index (κ1) is 17.1. The SMILES string of the molecule is NC(=O)[C@H](Cc1ccccc1Br)NC(=O)C12CC3CC(CC(C3)C1)C2. The van der Waals surface area contributed by atoms with Crippen molar-refractivity contribution in [2.24, 2.45) is 28.9 Å². The minimum atomic E-state index is -0.654. The molecule has 2 amide bonds. The van der Waals surface area contributed by atoms with E-state index in [4.69, 9.17) is 5.73 Å². The number of carbonyl (C=O) groups excluding carboxylic acids is 2. The van der Waals surface area contributed by atoms with Gasteiger partial charge in [-0.1, -0.05) is 34.1 Å². The van der Waals surface area contributed by atoms with Crippen molar-refractivity contribution in [3.05, 3.63) is 34.3 Å². The van der Waals surface area contributed by atoms with Crippen LogP contribution in [-0.4, -0.2) is 17.9 Å². The molecule has 0 aliphatic heterocycles. The van der Waals surface area contributed by atoms with Gasteiger partial charge in [-0.15, -0.1) is 0 Å². The number of hydrogen-bond acceptors (Lipinski definition) is 2. The van der Waals surface area contributed by atoms with Crippen LogP contribution in [-0.2, 0) is 16.0 Å². The van der Waals surface area contributed by atoms with Crippen molar-refractivity contribution in [3.63, 3.8) is 0 Å². The predicted octanol–water partition coefficient (Wildman–Crippen LogP) is 3.18. The molecule has 0 saturated heterocycles. The number of nitrogens with one attached hydrogen (secondary N) is 1. The second-order valence-electron chi connectivity index (χ2n) is 8.42. The van der Waals surface area contributed by atoms with E-state index in [1.807, 2.05) is 24.3 Å². The molecule has 134 valence electrons. The second-order valence-corrected chi connectivity index (χ2v) is 9.28. The topological polar surface area (TPSA) is 72.2 Å². The van der Waals surface area contributed by atoms with Gasteiger partial charge in [0, 0.05) is 16.3 Å². The summed E-state index contributed by atoms with van der Waals surface area (Å²) in [6, 6.07) is 7.10. The van der Waals surface area contributed by atoms with Crippen molar-refractivity contribution in [1.82, 2.24) is 5.32 Å². The number of amides is 2. The van der Waals surface area contributed by atoms with Crippen LogP contribution in [0.5, 0.6) is 0 Å². The van der Waals surface area contributed by atoms with Gasteiger partial charge >= 0.3 is 0 Å². The Bertz CT molecular complexity index is 667. The predicted molar refractivity (Wildman–Crippen MR) is 99.6 cm³/mol. The summed E-state index contributed by atoms with van der Waals surface area (Å²) in [5, 5.41) is 3.01. The first-order chi connectivity index (χ1) is 11.9. The summed E-state index contributed by atoms with van der Waals surface area (Å²) in [5.41, 5.74) is 6.34. The van der Waals surface area contributed by atoms with Crippen molar-refractivity contribution in [3.8, 4) is 0 Å². The van der Waals surface area contributed by atoms with Gasteiger partial charge in [-0.3, -0.25) is 9.59 Å². The van der Waals surface area contributed by atoms with E-state index in [1.54, 1.807) is 0 Å². The lowest BCUT2D eigenvalue weighted by Crippen LogP contribution is -2.57. The van der Waals surface area contributed by atoms with Crippen LogP contribution in [0.2, 0.25) is 0 Å². The molecule has 5 heteroatoms. The Morgan fingerprint density at radius 3 is 2.20 bits per heavy atom. The molecule has 4 aliphatic rings. The average molecular weight is 405 g/mol. The minimum absolute atomic E-state index is 0.0578. The number of carbonyl (C=O) groups is 2. The molecule has 1 aromatic rings. The first-order valence-corrected chi connectivity index (χ1v) is 10.1. The van der Waals surface area contributed by atoms with E-state index in [0.29, 0.717) is 24.2 Å². The van der Waals surface area contributed by atoms with Crippen molar-refractivity contribution in [2.75, 3.05) is 0 Å². The van der Waals surface area contributed by atoms with Crippen LogP contribution in [0.3, 0.4) is 0 Å². The molecular formula is C20H25BrN2O2. The zero-order valence-electron chi connectivity index (χ0n) is 14.3. The molecule has 4 nitrogen and oxygen atoms in total. The van der Waals surface area contributed by atoms with Gasteiger partial charge in [0.05, 0.1) is 0 Å². The number of primary amides is 1. The number of halogens is 1. The van der Waals surface area contributed by atoms with Crippen molar-refractivity contribution in [1.29, 1.82) is 0 Å². The molecule has 1 aromatic carbocycles. The monoisotopic (exact) mass is 404 g/mol. The molecule has 4 bridgehead atoms. The molecule has 5 rings (SSSR count). The fourth-order valence-corrected chi connectivity index (χ4v) is 6.25. The van der Waals surface area contributed by atoms with E-state index in [9.17, 15) is 9.59 Å². The molecule has 25 heavy (non-hydrogen) atoms. The molecule has 0 unspecified atom stereocenters. The fourth-order valence-electron chi connectivity index (χ4n) is 5.81. The maximum absolute atomic E-state index is 13.2. The Balaban J connectivity index is 1.50. The van der Waals surface area contributed by atoms with Gasteiger partial charge in [0.1, 0.15) is 6.04 Å². The molecule has 3 N–H and O–H groups in total. The highest BCUT2D eigenvalue weighted by atomic mass is 79.9. The summed E-state index contributed by atoms with van der Waals surface area (Å²) in [4.78, 5) is 25.1. The molecule has 0 heterocycles. The van der Waals surface area contributed by atoms with Crippen LogP contribution in [0.1, 0.15) is 44.1 Å². The highest BCUT2D eigenvalue weighted by Crippen LogP contribution is 2.60. The van der Waals surface area contributed by atoms with Crippen LogP contribution in [0.15, 0.2) is 28.7 Å². The van der Waals surface area contributed by atoms with Crippen LogP contribution >= 0.6 is 15.9 Å². The lowest BCUT2D eigenvalue weighted by Gasteiger charge is -2.55. The Morgan fingerprint density at radius 1 is 1.12 bits per heavy atom. The quantitative estimate of drug-likeness (QED) is 0.790. The number of nitrogens with two attached hydrogens (primary N) is 1.